The number of H-pyrrole nitrogens is 1. The lowest BCUT2D eigenvalue weighted by molar-refractivity contribution is 0.0949. The summed E-state index contributed by atoms with van der Waals surface area (Å²) in [7, 11) is 0. The molecule has 1 aliphatic heterocycles. The number of nitrogens with one attached hydrogen (secondary N) is 1. The van der Waals surface area contributed by atoms with E-state index in [1.54, 1.807) is 6.21 Å². The van der Waals surface area contributed by atoms with E-state index in [2.05, 4.69) is 15.0 Å². The van der Waals surface area contributed by atoms with Crippen LogP contribution >= 0.6 is 0 Å². The van der Waals surface area contributed by atoms with Crippen molar-refractivity contribution in [1.82, 2.24) is 14.4 Å². The second-order valence-corrected chi connectivity index (χ2v) is 5.72. The summed E-state index contributed by atoms with van der Waals surface area (Å²) in [5.74, 6) is -0.535. The molecule has 6 nitrogen and oxygen atoms in total. The first-order chi connectivity index (χ1) is 11.1. The molecular formula is C17H14N4O2. The number of ketones is 1. The molecule has 0 aromatic carbocycles. The monoisotopic (exact) mass is 306 g/mol. The fraction of sp³-hybridized carbons (Fsp3) is 0.176. The summed E-state index contributed by atoms with van der Waals surface area (Å²) in [6.07, 6.45) is 7.40. The van der Waals surface area contributed by atoms with Gasteiger partial charge >= 0.3 is 0 Å². The van der Waals surface area contributed by atoms with E-state index in [0.29, 0.717) is 6.42 Å². The minimum Gasteiger partial charge on any atom is -0.357 e. The molecule has 0 bridgehead atoms. The Morgan fingerprint density at radius 2 is 2.09 bits per heavy atom. The van der Waals surface area contributed by atoms with Gasteiger partial charge < -0.3 is 9.38 Å². The molecule has 1 aliphatic rings. The molecule has 0 fully saturated rings. The van der Waals surface area contributed by atoms with Crippen molar-refractivity contribution >= 4 is 23.3 Å². The van der Waals surface area contributed by atoms with Gasteiger partial charge in [-0.25, -0.2) is 4.98 Å². The standard InChI is InChI=1S/C17H14N4O2/c1-10-2-3-14-20-12(9-21(14)8-10)6-11-7-19-15-13(22)4-5-18-16(15)17(11)23/h2-5,7-9,11H,6H2,1H3,(H,18,22). The maximum Gasteiger partial charge on any atom is 0.207 e. The van der Waals surface area contributed by atoms with Crippen LogP contribution in [0, 0.1) is 12.8 Å². The number of carbonyl (C=O) groups excluding carboxylic acids is 1. The fourth-order valence-electron chi connectivity index (χ4n) is 2.83. The van der Waals surface area contributed by atoms with Crippen molar-refractivity contribution in [2.75, 3.05) is 0 Å². The summed E-state index contributed by atoms with van der Waals surface area (Å²) in [5.41, 5.74) is 3.04. The molecule has 3 aromatic rings. The van der Waals surface area contributed by atoms with Crippen LogP contribution in [0.4, 0.5) is 5.69 Å². The molecule has 1 N–H and O–H groups in total. The van der Waals surface area contributed by atoms with Crippen molar-refractivity contribution in [2.45, 2.75) is 13.3 Å². The van der Waals surface area contributed by atoms with Crippen molar-refractivity contribution in [3.8, 4) is 0 Å². The van der Waals surface area contributed by atoms with Crippen LogP contribution in [0.25, 0.3) is 5.65 Å². The third-order valence-electron chi connectivity index (χ3n) is 3.98. The molecule has 1 atom stereocenters. The molecular weight excluding hydrogens is 292 g/mol. The molecule has 3 aromatic heterocycles. The Kier molecular flexibility index (Phi) is 2.97. The predicted molar refractivity (Wildman–Crippen MR) is 86.7 cm³/mol. The number of hydrogen-bond donors (Lipinski definition) is 1. The van der Waals surface area contributed by atoms with Crippen LogP contribution in [0.1, 0.15) is 21.7 Å². The molecule has 114 valence electrons. The predicted octanol–water partition coefficient (Wildman–Crippen LogP) is 2.09. The number of fused-ring (bicyclic) bond motifs is 2. The molecule has 6 heteroatoms. The van der Waals surface area contributed by atoms with Crippen LogP contribution in [-0.2, 0) is 6.42 Å². The van der Waals surface area contributed by atoms with Gasteiger partial charge in [-0.15, -0.1) is 0 Å². The first kappa shape index (κ1) is 13.6. The van der Waals surface area contributed by atoms with E-state index in [1.165, 1.54) is 12.3 Å². The second-order valence-electron chi connectivity index (χ2n) is 5.72. The normalized spacial score (nSPS) is 16.7. The van der Waals surface area contributed by atoms with Gasteiger partial charge in [-0.05, 0) is 18.6 Å². The van der Waals surface area contributed by atoms with Gasteiger partial charge in [-0.3, -0.25) is 14.6 Å². The first-order valence-electron chi connectivity index (χ1n) is 7.36. The molecule has 0 amide bonds. The lowest BCUT2D eigenvalue weighted by atomic mass is 9.94. The Bertz CT molecular complexity index is 1010. The van der Waals surface area contributed by atoms with Crippen molar-refractivity contribution in [3.63, 3.8) is 0 Å². The van der Waals surface area contributed by atoms with Gasteiger partial charge in [-0.1, -0.05) is 6.07 Å². The van der Waals surface area contributed by atoms with Crippen LogP contribution < -0.4 is 5.43 Å². The number of rotatable bonds is 2. The topological polar surface area (TPSA) is 79.6 Å². The van der Waals surface area contributed by atoms with Crippen molar-refractivity contribution < 1.29 is 4.79 Å². The molecule has 23 heavy (non-hydrogen) atoms. The van der Waals surface area contributed by atoms with E-state index < -0.39 is 5.92 Å². The Morgan fingerprint density at radius 3 is 2.96 bits per heavy atom. The van der Waals surface area contributed by atoms with Gasteiger partial charge in [0, 0.05) is 37.3 Å². The summed E-state index contributed by atoms with van der Waals surface area (Å²) < 4.78 is 1.95. The lowest BCUT2D eigenvalue weighted by Crippen LogP contribution is -2.25. The SMILES string of the molecule is Cc1ccc2nc(CC3C=Nc4c([nH]ccc4=O)C3=O)cn2c1. The average Bonchev–Trinajstić information content (AvgIpc) is 2.92. The number of aliphatic imine (C=N–C) groups is 1. The van der Waals surface area contributed by atoms with Crippen LogP contribution in [0.3, 0.4) is 0 Å². The zero-order valence-corrected chi connectivity index (χ0v) is 12.5. The number of aryl methyl sites for hydroxylation is 1. The molecule has 0 spiro atoms. The van der Waals surface area contributed by atoms with Crippen LogP contribution in [0.2, 0.25) is 0 Å². The van der Waals surface area contributed by atoms with E-state index in [1.807, 2.05) is 35.9 Å². The highest BCUT2D eigenvalue weighted by atomic mass is 16.1. The zero-order chi connectivity index (χ0) is 16.0. The van der Waals surface area contributed by atoms with Gasteiger partial charge in [-0.2, -0.15) is 0 Å². The number of aromatic amines is 1. The van der Waals surface area contributed by atoms with E-state index in [0.717, 1.165) is 16.9 Å². The second kappa shape index (κ2) is 5.01. The summed E-state index contributed by atoms with van der Waals surface area (Å²) >= 11 is 0. The highest BCUT2D eigenvalue weighted by molar-refractivity contribution is 6.10. The number of aromatic nitrogens is 3. The number of Topliss-reactive ketones (excluding diaryl/α,β-unsaturated/α-hetero) is 1. The Balaban J connectivity index is 1.67. The smallest absolute Gasteiger partial charge is 0.207 e. The van der Waals surface area contributed by atoms with E-state index in [9.17, 15) is 9.59 Å². The van der Waals surface area contributed by atoms with Gasteiger partial charge in [0.2, 0.25) is 5.43 Å². The Hall–Kier alpha value is -3.02. The number of nitrogens with zero attached hydrogens (tertiary/aromatic N) is 3. The number of pyridine rings is 2. The molecule has 4 heterocycles. The number of imidazole rings is 1. The highest BCUT2D eigenvalue weighted by Gasteiger charge is 2.27. The fourth-order valence-corrected chi connectivity index (χ4v) is 2.83. The summed E-state index contributed by atoms with van der Waals surface area (Å²) in [6.45, 7) is 2.02. The minimum absolute atomic E-state index is 0.124. The largest absolute Gasteiger partial charge is 0.357 e. The van der Waals surface area contributed by atoms with E-state index in [-0.39, 0.29) is 22.6 Å². The summed E-state index contributed by atoms with van der Waals surface area (Å²) in [6, 6.07) is 5.32. The summed E-state index contributed by atoms with van der Waals surface area (Å²) in [5, 5.41) is 0. The lowest BCUT2D eigenvalue weighted by Gasteiger charge is -2.15. The van der Waals surface area contributed by atoms with Gasteiger partial charge in [0.15, 0.2) is 5.78 Å². The molecule has 0 saturated carbocycles. The molecule has 0 aliphatic carbocycles. The van der Waals surface area contributed by atoms with E-state index in [4.69, 9.17) is 0 Å². The number of carbonyl (C=O) groups is 1. The van der Waals surface area contributed by atoms with Crippen molar-refractivity contribution in [1.29, 1.82) is 0 Å². The van der Waals surface area contributed by atoms with Crippen LogP contribution in [0.15, 0.2) is 46.6 Å². The minimum atomic E-state index is -0.411. The quantitative estimate of drug-likeness (QED) is 0.787. The average molecular weight is 306 g/mol. The zero-order valence-electron chi connectivity index (χ0n) is 12.5. The van der Waals surface area contributed by atoms with E-state index >= 15 is 0 Å². The van der Waals surface area contributed by atoms with Crippen molar-refractivity contribution in [3.05, 3.63) is 64.0 Å². The molecule has 0 radical (unpaired) electrons. The third kappa shape index (κ3) is 2.28. The highest BCUT2D eigenvalue weighted by Crippen LogP contribution is 2.23. The summed E-state index contributed by atoms with van der Waals surface area (Å²) in [4.78, 5) is 35.8. The Labute approximate surface area is 131 Å². The maximum atomic E-state index is 12.5. The van der Waals surface area contributed by atoms with Gasteiger partial charge in [0.1, 0.15) is 17.0 Å². The first-order valence-corrected chi connectivity index (χ1v) is 7.36. The Morgan fingerprint density at radius 1 is 1.22 bits per heavy atom. The number of hydrogen-bond acceptors (Lipinski definition) is 4. The molecule has 1 unspecified atom stereocenters. The molecule has 0 saturated heterocycles. The van der Waals surface area contributed by atoms with Crippen LogP contribution in [-0.4, -0.2) is 26.4 Å². The van der Waals surface area contributed by atoms with Gasteiger partial charge in [0.05, 0.1) is 11.6 Å². The maximum absolute atomic E-state index is 12.5. The molecule has 4 rings (SSSR count). The van der Waals surface area contributed by atoms with Crippen LogP contribution in [0.5, 0.6) is 0 Å². The third-order valence-corrected chi connectivity index (χ3v) is 3.98. The van der Waals surface area contributed by atoms with Crippen molar-refractivity contribution in [2.24, 2.45) is 10.9 Å². The van der Waals surface area contributed by atoms with Gasteiger partial charge in [0.25, 0.3) is 0 Å².